The molecule has 2 heterocycles. The number of benzene rings is 1. The first-order valence-corrected chi connectivity index (χ1v) is 7.66. The van der Waals surface area contributed by atoms with Gasteiger partial charge in [-0.25, -0.2) is 4.39 Å². The van der Waals surface area contributed by atoms with Crippen molar-refractivity contribution in [3.05, 3.63) is 66.0 Å². The number of aryl methyl sites for hydroxylation is 1. The number of rotatable bonds is 5. The summed E-state index contributed by atoms with van der Waals surface area (Å²) in [6.45, 7) is 1.91. The molecule has 0 bridgehead atoms. The lowest BCUT2D eigenvalue weighted by atomic mass is 10.1. The molecule has 6 heteroatoms. The van der Waals surface area contributed by atoms with Gasteiger partial charge in [0.05, 0.1) is 12.0 Å². The molecule has 3 aromatic rings. The van der Waals surface area contributed by atoms with Crippen molar-refractivity contribution in [2.75, 3.05) is 0 Å². The second-order valence-corrected chi connectivity index (χ2v) is 5.70. The first-order valence-electron chi connectivity index (χ1n) is 7.66. The summed E-state index contributed by atoms with van der Waals surface area (Å²) in [6, 6.07) is 11.3. The normalized spacial score (nSPS) is 12.1. The summed E-state index contributed by atoms with van der Waals surface area (Å²) >= 11 is 0. The molecule has 0 aliphatic rings. The van der Waals surface area contributed by atoms with E-state index >= 15 is 0 Å². The van der Waals surface area contributed by atoms with Gasteiger partial charge in [0.2, 0.25) is 0 Å². The molecule has 0 aliphatic heterocycles. The Labute approximate surface area is 139 Å². The van der Waals surface area contributed by atoms with Crippen molar-refractivity contribution in [1.82, 2.24) is 15.1 Å². The zero-order valence-electron chi connectivity index (χ0n) is 13.5. The van der Waals surface area contributed by atoms with Crippen LogP contribution in [0.2, 0.25) is 0 Å². The zero-order chi connectivity index (χ0) is 17.1. The first-order chi connectivity index (χ1) is 11.5. The Morgan fingerprint density at radius 3 is 2.75 bits per heavy atom. The number of halogens is 1. The van der Waals surface area contributed by atoms with E-state index < -0.39 is 0 Å². The van der Waals surface area contributed by atoms with Crippen LogP contribution in [0.4, 0.5) is 4.39 Å². The van der Waals surface area contributed by atoms with Gasteiger partial charge in [0.25, 0.3) is 5.91 Å². The molecule has 0 saturated carbocycles. The minimum Gasteiger partial charge on any atom is -0.469 e. The second kappa shape index (κ2) is 6.70. The van der Waals surface area contributed by atoms with Gasteiger partial charge in [0.1, 0.15) is 17.3 Å². The van der Waals surface area contributed by atoms with E-state index in [0.717, 1.165) is 11.3 Å². The van der Waals surface area contributed by atoms with Crippen LogP contribution in [0.15, 0.2) is 53.1 Å². The Bertz CT molecular complexity index is 823. The highest BCUT2D eigenvalue weighted by Crippen LogP contribution is 2.19. The van der Waals surface area contributed by atoms with Crippen LogP contribution in [-0.2, 0) is 13.5 Å². The van der Waals surface area contributed by atoms with Crippen LogP contribution in [0, 0.1) is 5.82 Å². The van der Waals surface area contributed by atoms with E-state index in [4.69, 9.17) is 4.42 Å². The van der Waals surface area contributed by atoms with Crippen LogP contribution in [0.3, 0.4) is 0 Å². The molecule has 1 atom stereocenters. The third kappa shape index (κ3) is 3.53. The van der Waals surface area contributed by atoms with Crippen molar-refractivity contribution in [3.8, 4) is 11.3 Å². The van der Waals surface area contributed by atoms with Gasteiger partial charge in [0.15, 0.2) is 0 Å². The topological polar surface area (TPSA) is 60.1 Å². The van der Waals surface area contributed by atoms with Crippen LogP contribution in [0.25, 0.3) is 11.3 Å². The molecule has 3 rings (SSSR count). The van der Waals surface area contributed by atoms with Crippen molar-refractivity contribution in [2.24, 2.45) is 7.05 Å². The van der Waals surface area contributed by atoms with Gasteiger partial charge in [-0.05, 0) is 49.4 Å². The fourth-order valence-electron chi connectivity index (χ4n) is 2.52. The van der Waals surface area contributed by atoms with Crippen molar-refractivity contribution in [2.45, 2.75) is 19.4 Å². The van der Waals surface area contributed by atoms with Crippen LogP contribution in [0.5, 0.6) is 0 Å². The number of furan rings is 1. The fraction of sp³-hybridized carbons (Fsp3) is 0.222. The molecule has 1 amide bonds. The van der Waals surface area contributed by atoms with E-state index in [9.17, 15) is 9.18 Å². The molecule has 0 fully saturated rings. The number of carbonyl (C=O) groups is 1. The molecule has 1 N–H and O–H groups in total. The summed E-state index contributed by atoms with van der Waals surface area (Å²) in [4.78, 5) is 12.4. The number of amides is 1. The minimum absolute atomic E-state index is 0.0761. The van der Waals surface area contributed by atoms with Crippen molar-refractivity contribution < 1.29 is 13.6 Å². The van der Waals surface area contributed by atoms with Gasteiger partial charge in [-0.15, -0.1) is 0 Å². The maximum absolute atomic E-state index is 13.0. The molecule has 5 nitrogen and oxygen atoms in total. The summed E-state index contributed by atoms with van der Waals surface area (Å²) in [5.41, 5.74) is 1.83. The Hall–Kier alpha value is -2.89. The number of aromatic nitrogens is 2. The van der Waals surface area contributed by atoms with Gasteiger partial charge in [-0.3, -0.25) is 9.48 Å². The second-order valence-electron chi connectivity index (χ2n) is 5.70. The van der Waals surface area contributed by atoms with Gasteiger partial charge >= 0.3 is 0 Å². The zero-order valence-corrected chi connectivity index (χ0v) is 13.5. The van der Waals surface area contributed by atoms with Gasteiger partial charge < -0.3 is 9.73 Å². The number of hydrogen-bond acceptors (Lipinski definition) is 3. The highest BCUT2D eigenvalue weighted by atomic mass is 19.1. The number of hydrogen-bond donors (Lipinski definition) is 1. The van der Waals surface area contributed by atoms with E-state index in [-0.39, 0.29) is 17.8 Å². The van der Waals surface area contributed by atoms with Crippen molar-refractivity contribution in [3.63, 3.8) is 0 Å². The Balaban J connectivity index is 1.72. The third-order valence-corrected chi connectivity index (χ3v) is 3.72. The Kier molecular flexibility index (Phi) is 4.46. The molecule has 0 radical (unpaired) electrons. The number of carbonyl (C=O) groups excluding carboxylic acids is 1. The quantitative estimate of drug-likeness (QED) is 0.783. The summed E-state index contributed by atoms with van der Waals surface area (Å²) in [6.07, 6.45) is 2.22. The molecule has 124 valence electrons. The summed E-state index contributed by atoms with van der Waals surface area (Å²) in [5.74, 6) is 0.302. The fourth-order valence-corrected chi connectivity index (χ4v) is 2.52. The summed E-state index contributed by atoms with van der Waals surface area (Å²) < 4.78 is 19.8. The third-order valence-electron chi connectivity index (χ3n) is 3.72. The van der Waals surface area contributed by atoms with E-state index in [1.807, 2.05) is 19.1 Å². The molecule has 1 aromatic carbocycles. The molecule has 0 saturated heterocycles. The molecule has 1 unspecified atom stereocenters. The van der Waals surface area contributed by atoms with Crippen LogP contribution < -0.4 is 5.32 Å². The first kappa shape index (κ1) is 16.0. The molecule has 0 spiro atoms. The van der Waals surface area contributed by atoms with Crippen LogP contribution >= 0.6 is 0 Å². The van der Waals surface area contributed by atoms with E-state index in [1.165, 1.54) is 16.8 Å². The van der Waals surface area contributed by atoms with Crippen molar-refractivity contribution >= 4 is 5.91 Å². The average Bonchev–Trinajstić information content (AvgIpc) is 3.17. The average molecular weight is 327 g/mol. The predicted octanol–water partition coefficient (Wildman–Crippen LogP) is 3.18. The highest BCUT2D eigenvalue weighted by Gasteiger charge is 2.17. The highest BCUT2D eigenvalue weighted by molar-refractivity contribution is 5.93. The van der Waals surface area contributed by atoms with E-state index in [1.54, 1.807) is 31.5 Å². The Morgan fingerprint density at radius 1 is 1.33 bits per heavy atom. The smallest absolute Gasteiger partial charge is 0.269 e. The van der Waals surface area contributed by atoms with Gasteiger partial charge in [-0.1, -0.05) is 0 Å². The minimum atomic E-state index is -0.306. The lowest BCUT2D eigenvalue weighted by Gasteiger charge is -2.12. The SMILES string of the molecule is CC(Cc1ccco1)NC(=O)c1cc(-c2ccc(F)cc2)nn1C. The lowest BCUT2D eigenvalue weighted by Crippen LogP contribution is -2.35. The number of nitrogens with one attached hydrogen (secondary N) is 1. The maximum atomic E-state index is 13.0. The number of nitrogens with zero attached hydrogens (tertiary/aromatic N) is 2. The molecule has 2 aromatic heterocycles. The lowest BCUT2D eigenvalue weighted by molar-refractivity contribution is 0.0929. The van der Waals surface area contributed by atoms with E-state index in [2.05, 4.69) is 10.4 Å². The standard InChI is InChI=1S/C18H18FN3O2/c1-12(10-15-4-3-9-24-15)20-18(23)17-11-16(21-22(17)2)13-5-7-14(19)8-6-13/h3-9,11-12H,10H2,1-2H3,(H,20,23). The summed E-state index contributed by atoms with van der Waals surface area (Å²) in [5, 5.41) is 7.26. The van der Waals surface area contributed by atoms with Crippen LogP contribution in [0.1, 0.15) is 23.2 Å². The largest absolute Gasteiger partial charge is 0.469 e. The molecule has 24 heavy (non-hydrogen) atoms. The molecule has 0 aliphatic carbocycles. The van der Waals surface area contributed by atoms with Gasteiger partial charge in [-0.2, -0.15) is 5.10 Å². The van der Waals surface area contributed by atoms with Crippen molar-refractivity contribution in [1.29, 1.82) is 0 Å². The summed E-state index contributed by atoms with van der Waals surface area (Å²) in [7, 11) is 1.71. The Morgan fingerprint density at radius 2 is 2.08 bits per heavy atom. The van der Waals surface area contributed by atoms with E-state index in [0.29, 0.717) is 17.8 Å². The molecular weight excluding hydrogens is 309 g/mol. The van der Waals surface area contributed by atoms with Crippen LogP contribution in [-0.4, -0.2) is 21.7 Å². The van der Waals surface area contributed by atoms with Gasteiger partial charge in [0, 0.05) is 25.1 Å². The predicted molar refractivity (Wildman–Crippen MR) is 87.9 cm³/mol. The monoisotopic (exact) mass is 327 g/mol. The molecular formula is C18H18FN3O2. The maximum Gasteiger partial charge on any atom is 0.269 e.